The number of nitrogens with one attached hydrogen (secondary N) is 1. The Bertz CT molecular complexity index is 891. The predicted octanol–water partition coefficient (Wildman–Crippen LogP) is 4.82. The van der Waals surface area contributed by atoms with Crippen molar-refractivity contribution in [1.29, 1.82) is 0 Å². The molecule has 0 unspecified atom stereocenters. The molecule has 0 bridgehead atoms. The van der Waals surface area contributed by atoms with E-state index in [9.17, 15) is 9.59 Å². The Labute approximate surface area is 144 Å². The zero-order valence-electron chi connectivity index (χ0n) is 12.7. The number of para-hydroxylation sites is 1. The molecule has 24 heavy (non-hydrogen) atoms. The fourth-order valence-corrected chi connectivity index (χ4v) is 2.56. The third kappa shape index (κ3) is 3.36. The first-order chi connectivity index (χ1) is 11.7. The first kappa shape index (κ1) is 16.0. The van der Waals surface area contributed by atoms with Crippen molar-refractivity contribution >= 4 is 29.0 Å². The number of carbonyl (C=O) groups is 2. The summed E-state index contributed by atoms with van der Waals surface area (Å²) in [6.45, 7) is 0. The van der Waals surface area contributed by atoms with E-state index in [0.717, 1.165) is 0 Å². The van der Waals surface area contributed by atoms with Crippen LogP contribution < -0.4 is 5.32 Å². The number of anilines is 1. The molecular weight excluding hydrogens is 322 g/mol. The Morgan fingerprint density at radius 3 is 2.00 bits per heavy atom. The summed E-state index contributed by atoms with van der Waals surface area (Å²) < 4.78 is 0. The van der Waals surface area contributed by atoms with Crippen molar-refractivity contribution in [2.75, 3.05) is 5.32 Å². The van der Waals surface area contributed by atoms with Crippen LogP contribution in [-0.2, 0) is 0 Å². The molecule has 0 aliphatic rings. The molecule has 3 rings (SSSR count). The molecule has 0 aliphatic carbocycles. The fraction of sp³-hybridized carbons (Fsp3) is 0. The summed E-state index contributed by atoms with van der Waals surface area (Å²) in [6, 6.07) is 22.6. The van der Waals surface area contributed by atoms with E-state index in [1.165, 1.54) is 0 Å². The number of ketones is 1. The lowest BCUT2D eigenvalue weighted by Gasteiger charge is -2.10. The van der Waals surface area contributed by atoms with Gasteiger partial charge in [0.25, 0.3) is 5.91 Å². The van der Waals surface area contributed by atoms with E-state index in [4.69, 9.17) is 11.6 Å². The van der Waals surface area contributed by atoms with Gasteiger partial charge in [0.05, 0.1) is 16.3 Å². The average Bonchev–Trinajstić information content (AvgIpc) is 2.63. The molecule has 0 fully saturated rings. The SMILES string of the molecule is O=C(Nc1ccccc1Cl)c1ccccc1C(=O)c1ccccc1. The lowest BCUT2D eigenvalue weighted by atomic mass is 9.98. The molecule has 0 spiro atoms. The minimum atomic E-state index is -0.372. The highest BCUT2D eigenvalue weighted by atomic mass is 35.5. The van der Waals surface area contributed by atoms with Crippen LogP contribution in [0.2, 0.25) is 5.02 Å². The lowest BCUT2D eigenvalue weighted by Crippen LogP contribution is -2.17. The predicted molar refractivity (Wildman–Crippen MR) is 95.7 cm³/mol. The number of hydrogen-bond acceptors (Lipinski definition) is 2. The van der Waals surface area contributed by atoms with Crippen LogP contribution in [-0.4, -0.2) is 11.7 Å². The van der Waals surface area contributed by atoms with Gasteiger partial charge in [0, 0.05) is 11.1 Å². The van der Waals surface area contributed by atoms with Crippen molar-refractivity contribution in [2.45, 2.75) is 0 Å². The van der Waals surface area contributed by atoms with Crippen LogP contribution in [0.4, 0.5) is 5.69 Å². The molecule has 0 aliphatic heterocycles. The van der Waals surface area contributed by atoms with Gasteiger partial charge in [-0.3, -0.25) is 9.59 Å². The van der Waals surface area contributed by atoms with Crippen LogP contribution in [0, 0.1) is 0 Å². The maximum absolute atomic E-state index is 12.7. The lowest BCUT2D eigenvalue weighted by molar-refractivity contribution is 0.0996. The minimum Gasteiger partial charge on any atom is -0.321 e. The van der Waals surface area contributed by atoms with Gasteiger partial charge in [-0.1, -0.05) is 72.3 Å². The van der Waals surface area contributed by atoms with E-state index < -0.39 is 0 Å². The number of carbonyl (C=O) groups excluding carboxylic acids is 2. The van der Waals surface area contributed by atoms with Gasteiger partial charge in [-0.25, -0.2) is 0 Å². The molecule has 3 aromatic carbocycles. The van der Waals surface area contributed by atoms with Gasteiger partial charge in [-0.05, 0) is 18.2 Å². The summed E-state index contributed by atoms with van der Waals surface area (Å²) in [7, 11) is 0. The summed E-state index contributed by atoms with van der Waals surface area (Å²) in [5.74, 6) is -0.566. The monoisotopic (exact) mass is 335 g/mol. The second kappa shape index (κ2) is 7.11. The molecule has 118 valence electrons. The maximum Gasteiger partial charge on any atom is 0.256 e. The highest BCUT2D eigenvalue weighted by molar-refractivity contribution is 6.34. The van der Waals surface area contributed by atoms with Gasteiger partial charge in [0.1, 0.15) is 0 Å². The first-order valence-corrected chi connectivity index (χ1v) is 7.79. The summed E-state index contributed by atoms with van der Waals surface area (Å²) >= 11 is 6.07. The van der Waals surface area contributed by atoms with Crippen LogP contribution in [0.1, 0.15) is 26.3 Å². The Morgan fingerprint density at radius 1 is 0.708 bits per heavy atom. The van der Waals surface area contributed by atoms with E-state index in [0.29, 0.717) is 27.4 Å². The van der Waals surface area contributed by atoms with Crippen LogP contribution in [0.5, 0.6) is 0 Å². The second-order valence-electron chi connectivity index (χ2n) is 5.17. The zero-order valence-corrected chi connectivity index (χ0v) is 13.5. The maximum atomic E-state index is 12.7. The normalized spacial score (nSPS) is 10.2. The van der Waals surface area contributed by atoms with Crippen LogP contribution >= 0.6 is 11.6 Å². The van der Waals surface area contributed by atoms with Crippen LogP contribution in [0.25, 0.3) is 0 Å². The Hall–Kier alpha value is -2.91. The Kier molecular flexibility index (Phi) is 4.73. The van der Waals surface area contributed by atoms with E-state index in [-0.39, 0.29) is 11.7 Å². The standard InChI is InChI=1S/C20H14ClNO2/c21-17-12-6-7-13-18(17)22-20(24)16-11-5-4-10-15(16)19(23)14-8-2-1-3-9-14/h1-13H,(H,22,24). The van der Waals surface area contributed by atoms with Crippen molar-refractivity contribution in [2.24, 2.45) is 0 Å². The smallest absolute Gasteiger partial charge is 0.256 e. The summed E-state index contributed by atoms with van der Waals surface area (Å²) in [6.07, 6.45) is 0. The van der Waals surface area contributed by atoms with Crippen molar-refractivity contribution in [3.63, 3.8) is 0 Å². The second-order valence-corrected chi connectivity index (χ2v) is 5.58. The molecule has 0 saturated carbocycles. The molecule has 3 aromatic rings. The molecule has 1 N–H and O–H groups in total. The van der Waals surface area contributed by atoms with E-state index in [2.05, 4.69) is 5.32 Å². The van der Waals surface area contributed by atoms with Crippen LogP contribution in [0.15, 0.2) is 78.9 Å². The third-order valence-corrected chi connectivity index (χ3v) is 3.90. The summed E-state index contributed by atoms with van der Waals surface area (Å²) in [4.78, 5) is 25.3. The van der Waals surface area contributed by atoms with Crippen molar-refractivity contribution in [3.8, 4) is 0 Å². The molecule has 4 heteroatoms. The summed E-state index contributed by atoms with van der Waals surface area (Å²) in [5.41, 5.74) is 1.71. The number of benzene rings is 3. The van der Waals surface area contributed by atoms with Gasteiger partial charge in [-0.15, -0.1) is 0 Å². The fourth-order valence-electron chi connectivity index (χ4n) is 2.38. The van der Waals surface area contributed by atoms with Gasteiger partial charge >= 0.3 is 0 Å². The summed E-state index contributed by atoms with van der Waals surface area (Å²) in [5, 5.41) is 3.19. The van der Waals surface area contributed by atoms with Gasteiger partial charge in [0.2, 0.25) is 0 Å². The van der Waals surface area contributed by atoms with Gasteiger partial charge < -0.3 is 5.32 Å². The van der Waals surface area contributed by atoms with Gasteiger partial charge in [-0.2, -0.15) is 0 Å². The van der Waals surface area contributed by atoms with Crippen molar-refractivity contribution in [1.82, 2.24) is 0 Å². The molecule has 0 radical (unpaired) electrons. The number of amides is 1. The molecule has 1 amide bonds. The highest BCUT2D eigenvalue weighted by Gasteiger charge is 2.18. The van der Waals surface area contributed by atoms with Crippen LogP contribution in [0.3, 0.4) is 0 Å². The molecular formula is C20H14ClNO2. The molecule has 0 aromatic heterocycles. The zero-order chi connectivity index (χ0) is 16.9. The topological polar surface area (TPSA) is 46.2 Å². The molecule has 0 atom stereocenters. The number of hydrogen-bond donors (Lipinski definition) is 1. The quantitative estimate of drug-likeness (QED) is 0.694. The van der Waals surface area contributed by atoms with E-state index in [1.54, 1.807) is 72.8 Å². The Balaban J connectivity index is 1.93. The van der Waals surface area contributed by atoms with E-state index >= 15 is 0 Å². The van der Waals surface area contributed by atoms with Crippen molar-refractivity contribution < 1.29 is 9.59 Å². The third-order valence-electron chi connectivity index (χ3n) is 3.57. The highest BCUT2D eigenvalue weighted by Crippen LogP contribution is 2.22. The first-order valence-electron chi connectivity index (χ1n) is 7.41. The minimum absolute atomic E-state index is 0.194. The molecule has 0 heterocycles. The average molecular weight is 336 g/mol. The molecule has 0 saturated heterocycles. The largest absolute Gasteiger partial charge is 0.321 e. The number of rotatable bonds is 4. The van der Waals surface area contributed by atoms with Crippen molar-refractivity contribution in [3.05, 3.63) is 101 Å². The number of halogens is 1. The Morgan fingerprint density at radius 2 is 1.29 bits per heavy atom. The molecule has 3 nitrogen and oxygen atoms in total. The van der Waals surface area contributed by atoms with E-state index in [1.807, 2.05) is 6.07 Å². The van der Waals surface area contributed by atoms with Gasteiger partial charge in [0.15, 0.2) is 5.78 Å².